The van der Waals surface area contributed by atoms with Gasteiger partial charge in [0.1, 0.15) is 0 Å². The van der Waals surface area contributed by atoms with Crippen LogP contribution in [0.3, 0.4) is 0 Å². The number of hydrogen-bond acceptors (Lipinski definition) is 3. The molecule has 170 valence electrons. The van der Waals surface area contributed by atoms with E-state index in [1.54, 1.807) is 24.3 Å². The Bertz CT molecular complexity index is 1090. The molecule has 5 nitrogen and oxygen atoms in total. The van der Waals surface area contributed by atoms with Gasteiger partial charge in [-0.25, -0.2) is 4.98 Å². The molecule has 1 aliphatic heterocycles. The van der Waals surface area contributed by atoms with E-state index in [4.69, 9.17) is 0 Å². The number of aryl methyl sites for hydroxylation is 2. The topological polar surface area (TPSA) is 50.2 Å². The molecule has 0 aliphatic carbocycles. The normalized spacial score (nSPS) is 15.9. The second-order valence-electron chi connectivity index (χ2n) is 8.68. The zero-order chi connectivity index (χ0) is 22.9. The highest BCUT2D eigenvalue weighted by atomic mass is 19.4. The predicted molar refractivity (Wildman–Crippen MR) is 118 cm³/mol. The Hall–Kier alpha value is -2.87. The lowest BCUT2D eigenvalue weighted by Gasteiger charge is -2.32. The van der Waals surface area contributed by atoms with Crippen molar-refractivity contribution in [1.82, 2.24) is 14.5 Å². The predicted octanol–water partition coefficient (Wildman–Crippen LogP) is 5.02. The van der Waals surface area contributed by atoms with Gasteiger partial charge in [-0.05, 0) is 81.1 Å². The molecule has 1 aromatic heterocycles. The van der Waals surface area contributed by atoms with Crippen LogP contribution in [0.25, 0.3) is 11.0 Å². The fraction of sp³-hybridized carbons (Fsp3) is 0.417. The third-order valence-electron chi connectivity index (χ3n) is 5.93. The van der Waals surface area contributed by atoms with E-state index in [0.717, 1.165) is 29.7 Å². The Kier molecular flexibility index (Phi) is 6.24. The summed E-state index contributed by atoms with van der Waals surface area (Å²) < 4.78 is 41.9. The van der Waals surface area contributed by atoms with Crippen molar-refractivity contribution < 1.29 is 18.0 Å². The van der Waals surface area contributed by atoms with Gasteiger partial charge >= 0.3 is 6.18 Å². The number of imidazole rings is 1. The third kappa shape index (κ3) is 5.12. The Balaban J connectivity index is 1.36. The van der Waals surface area contributed by atoms with Crippen molar-refractivity contribution in [2.45, 2.75) is 39.4 Å². The Morgan fingerprint density at radius 2 is 1.75 bits per heavy atom. The molecule has 0 atom stereocenters. The van der Waals surface area contributed by atoms with E-state index in [1.165, 1.54) is 4.57 Å². The number of nitrogens with one attached hydrogen (secondary N) is 1. The number of aromatic nitrogens is 2. The molecule has 1 saturated heterocycles. The SMILES string of the molecule is Cc1cc(C)cc(NC(=O)CN2CCC(Cn3c(C(F)(F)F)nc4ccccc43)CC2)c1. The number of piperidine rings is 1. The van der Waals surface area contributed by atoms with Crippen LogP contribution in [0, 0.1) is 19.8 Å². The summed E-state index contributed by atoms with van der Waals surface area (Å²) in [5.74, 6) is -0.810. The highest BCUT2D eigenvalue weighted by Gasteiger charge is 2.38. The second kappa shape index (κ2) is 8.94. The maximum absolute atomic E-state index is 13.5. The molecule has 2 heterocycles. The molecular formula is C24H27F3N4O. The fourth-order valence-corrected chi connectivity index (χ4v) is 4.51. The summed E-state index contributed by atoms with van der Waals surface area (Å²) >= 11 is 0. The zero-order valence-corrected chi connectivity index (χ0v) is 18.2. The van der Waals surface area contributed by atoms with Gasteiger partial charge in [-0.15, -0.1) is 0 Å². The van der Waals surface area contributed by atoms with Crippen LogP contribution in [-0.4, -0.2) is 40.0 Å². The first kappa shape index (κ1) is 22.3. The lowest BCUT2D eigenvalue weighted by Crippen LogP contribution is -2.40. The summed E-state index contributed by atoms with van der Waals surface area (Å²) in [4.78, 5) is 18.3. The largest absolute Gasteiger partial charge is 0.449 e. The van der Waals surface area contributed by atoms with Gasteiger partial charge in [-0.2, -0.15) is 13.2 Å². The zero-order valence-electron chi connectivity index (χ0n) is 18.2. The summed E-state index contributed by atoms with van der Waals surface area (Å²) in [5.41, 5.74) is 3.84. The van der Waals surface area contributed by atoms with Gasteiger partial charge in [0.05, 0.1) is 17.6 Å². The molecule has 3 aromatic rings. The molecule has 0 radical (unpaired) electrons. The second-order valence-corrected chi connectivity index (χ2v) is 8.68. The Morgan fingerprint density at radius 1 is 1.09 bits per heavy atom. The molecule has 4 rings (SSSR count). The van der Waals surface area contributed by atoms with Gasteiger partial charge in [-0.3, -0.25) is 9.69 Å². The van der Waals surface area contributed by atoms with Crippen molar-refractivity contribution in [2.24, 2.45) is 5.92 Å². The van der Waals surface area contributed by atoms with Crippen molar-refractivity contribution in [3.05, 3.63) is 59.4 Å². The quantitative estimate of drug-likeness (QED) is 0.601. The summed E-state index contributed by atoms with van der Waals surface area (Å²) in [6.45, 7) is 5.89. The number of para-hydroxylation sites is 2. The number of likely N-dealkylation sites (tertiary alicyclic amines) is 1. The number of hydrogen-bond donors (Lipinski definition) is 1. The van der Waals surface area contributed by atoms with Gasteiger partial charge in [0.15, 0.2) is 0 Å². The van der Waals surface area contributed by atoms with Crippen molar-refractivity contribution >= 4 is 22.6 Å². The van der Waals surface area contributed by atoms with Crippen LogP contribution in [-0.2, 0) is 17.5 Å². The minimum absolute atomic E-state index is 0.0755. The molecule has 0 bridgehead atoms. The number of fused-ring (bicyclic) bond motifs is 1. The van der Waals surface area contributed by atoms with Crippen LogP contribution in [0.5, 0.6) is 0 Å². The van der Waals surface area contributed by atoms with Crippen molar-refractivity contribution in [2.75, 3.05) is 25.0 Å². The standard InChI is InChI=1S/C24H27F3N4O/c1-16-11-17(2)13-19(12-16)28-22(32)15-30-9-7-18(8-10-30)14-31-21-6-4-3-5-20(21)29-23(31)24(25,26)27/h3-6,11-13,18H,7-10,14-15H2,1-2H3,(H,28,32). The van der Waals surface area contributed by atoms with Crippen LogP contribution in [0.2, 0.25) is 0 Å². The first-order valence-electron chi connectivity index (χ1n) is 10.8. The molecule has 1 N–H and O–H groups in total. The van der Waals surface area contributed by atoms with E-state index in [1.807, 2.05) is 32.0 Å². The van der Waals surface area contributed by atoms with Crippen molar-refractivity contribution in [3.8, 4) is 0 Å². The number of halogens is 3. The Labute approximate surface area is 185 Å². The molecule has 0 spiro atoms. The van der Waals surface area contributed by atoms with E-state index >= 15 is 0 Å². The minimum atomic E-state index is -4.49. The number of benzene rings is 2. The molecule has 1 fully saturated rings. The first-order chi connectivity index (χ1) is 15.2. The van der Waals surface area contributed by atoms with E-state index in [2.05, 4.69) is 15.2 Å². The molecule has 0 saturated carbocycles. The first-order valence-corrected chi connectivity index (χ1v) is 10.8. The van der Waals surface area contributed by atoms with E-state index in [0.29, 0.717) is 24.1 Å². The fourth-order valence-electron chi connectivity index (χ4n) is 4.51. The highest BCUT2D eigenvalue weighted by Crippen LogP contribution is 2.33. The van der Waals surface area contributed by atoms with Gasteiger partial charge in [-0.1, -0.05) is 18.2 Å². The molecule has 1 aliphatic rings. The maximum atomic E-state index is 13.5. The number of amides is 1. The summed E-state index contributed by atoms with van der Waals surface area (Å²) in [6, 6.07) is 12.6. The molecule has 0 unspecified atom stereocenters. The summed E-state index contributed by atoms with van der Waals surface area (Å²) in [5, 5.41) is 2.94. The summed E-state index contributed by atoms with van der Waals surface area (Å²) in [6.07, 6.45) is -3.02. The molecule has 2 aromatic carbocycles. The average Bonchev–Trinajstić information content (AvgIpc) is 3.08. The number of anilines is 1. The van der Waals surface area contributed by atoms with Crippen molar-refractivity contribution in [1.29, 1.82) is 0 Å². The lowest BCUT2D eigenvalue weighted by molar-refractivity contribution is -0.147. The van der Waals surface area contributed by atoms with Gasteiger partial charge < -0.3 is 9.88 Å². The minimum Gasteiger partial charge on any atom is -0.325 e. The van der Waals surface area contributed by atoms with Gasteiger partial charge in [0.25, 0.3) is 0 Å². The molecule has 1 amide bonds. The van der Waals surface area contributed by atoms with Crippen LogP contribution in [0.15, 0.2) is 42.5 Å². The molecular weight excluding hydrogens is 417 g/mol. The smallest absolute Gasteiger partial charge is 0.325 e. The lowest BCUT2D eigenvalue weighted by atomic mass is 9.96. The number of rotatable bonds is 5. The third-order valence-corrected chi connectivity index (χ3v) is 5.93. The number of alkyl halides is 3. The van der Waals surface area contributed by atoms with Crippen molar-refractivity contribution in [3.63, 3.8) is 0 Å². The van der Waals surface area contributed by atoms with Gasteiger partial charge in [0, 0.05) is 12.2 Å². The number of carbonyl (C=O) groups excluding carboxylic acids is 1. The summed E-state index contributed by atoms with van der Waals surface area (Å²) in [7, 11) is 0. The van der Waals surface area contributed by atoms with Crippen LogP contribution in [0.1, 0.15) is 29.8 Å². The monoisotopic (exact) mass is 444 g/mol. The number of carbonyl (C=O) groups is 1. The van der Waals surface area contributed by atoms with E-state index in [9.17, 15) is 18.0 Å². The van der Waals surface area contributed by atoms with E-state index in [-0.39, 0.29) is 24.9 Å². The average molecular weight is 445 g/mol. The Morgan fingerprint density at radius 3 is 2.41 bits per heavy atom. The molecule has 32 heavy (non-hydrogen) atoms. The van der Waals surface area contributed by atoms with Crippen LogP contribution in [0.4, 0.5) is 18.9 Å². The number of nitrogens with zero attached hydrogens (tertiary/aromatic N) is 3. The van der Waals surface area contributed by atoms with Gasteiger partial charge in [0.2, 0.25) is 11.7 Å². The maximum Gasteiger partial charge on any atom is 0.449 e. The highest BCUT2D eigenvalue weighted by molar-refractivity contribution is 5.92. The van der Waals surface area contributed by atoms with Crippen LogP contribution >= 0.6 is 0 Å². The van der Waals surface area contributed by atoms with E-state index < -0.39 is 12.0 Å². The molecule has 8 heteroatoms. The van der Waals surface area contributed by atoms with Crippen LogP contribution < -0.4 is 5.32 Å².